The number of benzene rings is 1. The number of hydrogen-bond donors (Lipinski definition) is 0. The van der Waals surface area contributed by atoms with Crippen molar-refractivity contribution in [2.75, 3.05) is 20.3 Å². The summed E-state index contributed by atoms with van der Waals surface area (Å²) in [5.74, 6) is -0.281. The summed E-state index contributed by atoms with van der Waals surface area (Å²) in [6.07, 6.45) is 3.45. The Bertz CT molecular complexity index is 732. The van der Waals surface area contributed by atoms with Gasteiger partial charge in [0.15, 0.2) is 11.5 Å². The van der Waals surface area contributed by atoms with E-state index in [1.165, 1.54) is 4.90 Å². The number of ether oxygens (including phenoxy) is 2. The van der Waals surface area contributed by atoms with Crippen molar-refractivity contribution < 1.29 is 24.2 Å². The third kappa shape index (κ3) is 5.22. The third-order valence-electron chi connectivity index (χ3n) is 3.65. The second-order valence-corrected chi connectivity index (χ2v) is 7.24. The van der Waals surface area contributed by atoms with Crippen LogP contribution in [0.15, 0.2) is 23.1 Å². The maximum atomic E-state index is 12.4. The van der Waals surface area contributed by atoms with E-state index in [1.54, 1.807) is 25.3 Å². The molecule has 0 radical (unpaired) electrons. The lowest BCUT2D eigenvalue weighted by molar-refractivity contribution is -0.305. The highest BCUT2D eigenvalue weighted by atomic mass is 32.2. The first kappa shape index (κ1) is 20.3. The Morgan fingerprint density at radius 2 is 2.15 bits per heavy atom. The maximum Gasteiger partial charge on any atom is 0.266 e. The highest BCUT2D eigenvalue weighted by molar-refractivity contribution is 8.26. The number of hydrogen-bond acceptors (Lipinski definition) is 7. The van der Waals surface area contributed by atoms with E-state index in [0.29, 0.717) is 27.3 Å². The Balaban J connectivity index is 2.14. The van der Waals surface area contributed by atoms with Crippen LogP contribution in [-0.2, 0) is 9.59 Å². The van der Waals surface area contributed by atoms with Gasteiger partial charge in [0.05, 0.1) is 18.6 Å². The first-order chi connectivity index (χ1) is 12.5. The van der Waals surface area contributed by atoms with Crippen LogP contribution in [0.25, 0.3) is 6.08 Å². The van der Waals surface area contributed by atoms with Crippen molar-refractivity contribution in [2.24, 2.45) is 0 Å². The van der Waals surface area contributed by atoms with Crippen LogP contribution in [0.5, 0.6) is 11.5 Å². The van der Waals surface area contributed by atoms with Crippen molar-refractivity contribution >= 4 is 46.3 Å². The number of carboxylic acids is 1. The summed E-state index contributed by atoms with van der Waals surface area (Å²) in [5, 5.41) is 10.6. The Hall–Kier alpha value is -2.06. The fourth-order valence-electron chi connectivity index (χ4n) is 2.27. The average Bonchev–Trinajstić information content (AvgIpc) is 2.87. The van der Waals surface area contributed by atoms with E-state index in [4.69, 9.17) is 21.7 Å². The van der Waals surface area contributed by atoms with Crippen LogP contribution in [0.3, 0.4) is 0 Å². The van der Waals surface area contributed by atoms with Gasteiger partial charge in [-0.05, 0) is 30.2 Å². The van der Waals surface area contributed by atoms with Crippen molar-refractivity contribution in [1.29, 1.82) is 0 Å². The molecule has 0 unspecified atom stereocenters. The van der Waals surface area contributed by atoms with Gasteiger partial charge in [-0.25, -0.2) is 0 Å². The lowest BCUT2D eigenvalue weighted by Gasteiger charge is -2.14. The van der Waals surface area contributed by atoms with E-state index < -0.39 is 5.97 Å². The number of methoxy groups -OCH3 is 1. The van der Waals surface area contributed by atoms with Gasteiger partial charge >= 0.3 is 0 Å². The molecule has 2 rings (SSSR count). The van der Waals surface area contributed by atoms with E-state index in [0.717, 1.165) is 30.2 Å². The van der Waals surface area contributed by atoms with Gasteiger partial charge < -0.3 is 19.4 Å². The summed E-state index contributed by atoms with van der Waals surface area (Å²) in [5.41, 5.74) is 0.769. The molecule has 26 heavy (non-hydrogen) atoms. The molecule has 1 heterocycles. The van der Waals surface area contributed by atoms with Gasteiger partial charge in [0.1, 0.15) is 4.32 Å². The lowest BCUT2D eigenvalue weighted by Crippen LogP contribution is -2.33. The first-order valence-electron chi connectivity index (χ1n) is 8.22. The topological polar surface area (TPSA) is 78.9 Å². The minimum Gasteiger partial charge on any atom is -0.550 e. The maximum absolute atomic E-state index is 12.4. The zero-order valence-electron chi connectivity index (χ0n) is 14.6. The van der Waals surface area contributed by atoms with Crippen LogP contribution in [0, 0.1) is 0 Å². The molecule has 1 aliphatic heterocycles. The SMILES string of the molecule is CCCCOc1ccc(/C=C2/SC(=S)N(CCC(=O)[O-])C2=O)cc1OC. The van der Waals surface area contributed by atoms with E-state index in [2.05, 4.69) is 6.92 Å². The fourth-order valence-corrected chi connectivity index (χ4v) is 3.58. The summed E-state index contributed by atoms with van der Waals surface area (Å²) in [6, 6.07) is 5.42. The molecule has 0 atom stereocenters. The van der Waals surface area contributed by atoms with E-state index in [1.807, 2.05) is 6.07 Å². The molecule has 1 aliphatic rings. The quantitative estimate of drug-likeness (QED) is 0.361. The van der Waals surface area contributed by atoms with Crippen molar-refractivity contribution in [3.05, 3.63) is 28.7 Å². The molecular formula is C18H20NO5S2-. The molecule has 0 N–H and O–H groups in total. The number of carbonyl (C=O) groups excluding carboxylic acids is 2. The molecule has 1 amide bonds. The second kappa shape index (κ2) is 9.59. The average molecular weight is 394 g/mol. The van der Waals surface area contributed by atoms with E-state index in [-0.39, 0.29) is 18.9 Å². The van der Waals surface area contributed by atoms with Crippen LogP contribution in [0.4, 0.5) is 0 Å². The molecule has 8 heteroatoms. The molecule has 1 aromatic carbocycles. The standard InChI is InChI=1S/C18H21NO5S2/c1-3-4-9-24-13-6-5-12(10-14(13)23-2)11-15-17(22)19(18(25)26-15)8-7-16(20)21/h5-6,10-11H,3-4,7-9H2,1-2H3,(H,20,21)/p-1/b15-11+. The summed E-state index contributed by atoms with van der Waals surface area (Å²) >= 11 is 6.31. The van der Waals surface area contributed by atoms with Crippen molar-refractivity contribution in [2.45, 2.75) is 26.2 Å². The minimum absolute atomic E-state index is 0.0118. The van der Waals surface area contributed by atoms with Gasteiger partial charge in [0, 0.05) is 18.9 Å². The Labute approximate surface area is 162 Å². The summed E-state index contributed by atoms with van der Waals surface area (Å²) in [4.78, 5) is 24.7. The normalized spacial score (nSPS) is 15.6. The molecule has 0 saturated carbocycles. The van der Waals surface area contributed by atoms with Crippen molar-refractivity contribution in [3.8, 4) is 11.5 Å². The van der Waals surface area contributed by atoms with Crippen molar-refractivity contribution in [1.82, 2.24) is 4.90 Å². The van der Waals surface area contributed by atoms with Gasteiger partial charge in [0.2, 0.25) is 0 Å². The predicted molar refractivity (Wildman–Crippen MR) is 103 cm³/mol. The van der Waals surface area contributed by atoms with Crippen LogP contribution in [-0.4, -0.2) is 41.4 Å². The Morgan fingerprint density at radius 1 is 1.38 bits per heavy atom. The van der Waals surface area contributed by atoms with E-state index in [9.17, 15) is 14.7 Å². The lowest BCUT2D eigenvalue weighted by atomic mass is 10.2. The zero-order chi connectivity index (χ0) is 19.1. The summed E-state index contributed by atoms with van der Waals surface area (Å²) < 4.78 is 11.4. The molecule has 0 bridgehead atoms. The Kier molecular flexibility index (Phi) is 7.47. The third-order valence-corrected chi connectivity index (χ3v) is 5.03. The van der Waals surface area contributed by atoms with Crippen molar-refractivity contribution in [3.63, 3.8) is 0 Å². The number of thioether (sulfide) groups is 1. The van der Waals surface area contributed by atoms with Crippen LogP contribution in [0.2, 0.25) is 0 Å². The predicted octanol–water partition coefficient (Wildman–Crippen LogP) is 2.22. The molecule has 0 aromatic heterocycles. The first-order valence-corrected chi connectivity index (χ1v) is 9.44. The number of unbranched alkanes of at least 4 members (excludes halogenated alkanes) is 1. The van der Waals surface area contributed by atoms with Gasteiger partial charge in [0.25, 0.3) is 5.91 Å². The zero-order valence-corrected chi connectivity index (χ0v) is 16.3. The highest BCUT2D eigenvalue weighted by Crippen LogP contribution is 2.34. The second-order valence-electron chi connectivity index (χ2n) is 5.57. The van der Waals surface area contributed by atoms with Crippen LogP contribution in [0.1, 0.15) is 31.7 Å². The molecular weight excluding hydrogens is 374 g/mol. The number of nitrogens with zero attached hydrogens (tertiary/aromatic N) is 1. The number of carbonyl (C=O) groups is 2. The number of thiocarbonyl (C=S) groups is 1. The number of aliphatic carboxylic acids is 1. The number of rotatable bonds is 9. The largest absolute Gasteiger partial charge is 0.550 e. The molecule has 0 aliphatic carbocycles. The van der Waals surface area contributed by atoms with E-state index >= 15 is 0 Å². The number of amides is 1. The fraction of sp³-hybridized carbons (Fsp3) is 0.389. The molecule has 0 spiro atoms. The molecule has 1 saturated heterocycles. The molecule has 6 nitrogen and oxygen atoms in total. The minimum atomic E-state index is -1.22. The van der Waals surface area contributed by atoms with Gasteiger partial charge in [-0.1, -0.05) is 43.4 Å². The van der Waals surface area contributed by atoms with Crippen LogP contribution >= 0.6 is 24.0 Å². The molecule has 1 fully saturated rings. The monoisotopic (exact) mass is 394 g/mol. The molecule has 1 aromatic rings. The summed E-state index contributed by atoms with van der Waals surface area (Å²) in [6.45, 7) is 2.72. The smallest absolute Gasteiger partial charge is 0.266 e. The number of carboxylic acid groups (broad SMARTS) is 1. The Morgan fingerprint density at radius 3 is 2.81 bits per heavy atom. The van der Waals surface area contributed by atoms with Gasteiger partial charge in [-0.2, -0.15) is 0 Å². The van der Waals surface area contributed by atoms with Gasteiger partial charge in [-0.15, -0.1) is 0 Å². The highest BCUT2D eigenvalue weighted by Gasteiger charge is 2.31. The van der Waals surface area contributed by atoms with Gasteiger partial charge in [-0.3, -0.25) is 9.69 Å². The summed E-state index contributed by atoms with van der Waals surface area (Å²) in [7, 11) is 1.56. The van der Waals surface area contributed by atoms with Crippen LogP contribution < -0.4 is 14.6 Å². The molecule has 140 valence electrons.